The first-order chi connectivity index (χ1) is 8.78. The highest BCUT2D eigenvalue weighted by Crippen LogP contribution is 2.28. The summed E-state index contributed by atoms with van der Waals surface area (Å²) in [5.41, 5.74) is 1.90. The average Bonchev–Trinajstić information content (AvgIpc) is 2.36. The summed E-state index contributed by atoms with van der Waals surface area (Å²) >= 11 is 5.90. The quantitative estimate of drug-likeness (QED) is 0.451. The molecule has 0 aliphatic rings. The molecule has 0 unspecified atom stereocenters. The van der Waals surface area contributed by atoms with E-state index < -0.39 is 15.9 Å². The first-order valence-electron chi connectivity index (χ1n) is 5.13. The number of benzene rings is 1. The van der Waals surface area contributed by atoms with Crippen LogP contribution in [0, 0.1) is 0 Å². The van der Waals surface area contributed by atoms with Crippen LogP contribution in [0.15, 0.2) is 23.1 Å². The number of hydrogen-bond acceptors (Lipinski definition) is 5. The molecular formula is C10H14ClN3O4S. The van der Waals surface area contributed by atoms with E-state index in [1.54, 1.807) is 0 Å². The summed E-state index contributed by atoms with van der Waals surface area (Å²) in [6.45, 7) is -0.310. The van der Waals surface area contributed by atoms with Crippen LogP contribution in [-0.4, -0.2) is 39.3 Å². The van der Waals surface area contributed by atoms with Crippen molar-refractivity contribution in [1.82, 2.24) is 9.73 Å². The fourth-order valence-corrected chi connectivity index (χ4v) is 2.38. The van der Waals surface area contributed by atoms with Gasteiger partial charge in [-0.15, -0.1) is 0 Å². The molecule has 0 spiro atoms. The summed E-state index contributed by atoms with van der Waals surface area (Å²) in [6, 6.07) is 3.98. The van der Waals surface area contributed by atoms with Crippen molar-refractivity contribution in [3.63, 3.8) is 0 Å². The fourth-order valence-electron chi connectivity index (χ4n) is 1.15. The molecule has 0 bridgehead atoms. The number of amides is 1. The predicted octanol–water partition coefficient (Wildman–Crippen LogP) is -0.0410. The number of nitrogens with zero attached hydrogens (tertiary/aromatic N) is 1. The van der Waals surface area contributed by atoms with Gasteiger partial charge in [0.05, 0.1) is 9.92 Å². The van der Waals surface area contributed by atoms with Crippen LogP contribution in [0.1, 0.15) is 0 Å². The number of carbonyl (C=O) groups is 1. The van der Waals surface area contributed by atoms with Crippen molar-refractivity contribution in [2.24, 2.45) is 5.84 Å². The molecule has 3 N–H and O–H groups in total. The van der Waals surface area contributed by atoms with Crippen molar-refractivity contribution >= 4 is 27.5 Å². The van der Waals surface area contributed by atoms with Crippen molar-refractivity contribution in [2.75, 3.05) is 20.7 Å². The zero-order chi connectivity index (χ0) is 14.6. The molecule has 1 rings (SSSR count). The third-order valence-corrected chi connectivity index (χ3v) is 4.31. The Balaban J connectivity index is 2.95. The average molecular weight is 308 g/mol. The molecule has 0 radical (unpaired) electrons. The summed E-state index contributed by atoms with van der Waals surface area (Å²) < 4.78 is 29.9. The minimum Gasteiger partial charge on any atom is -0.482 e. The maximum absolute atomic E-state index is 11.9. The molecular weight excluding hydrogens is 294 g/mol. The van der Waals surface area contributed by atoms with Gasteiger partial charge in [-0.2, -0.15) is 0 Å². The van der Waals surface area contributed by atoms with Gasteiger partial charge in [-0.25, -0.2) is 18.6 Å². The molecule has 0 atom stereocenters. The monoisotopic (exact) mass is 307 g/mol. The molecule has 0 aliphatic carbocycles. The molecule has 0 heterocycles. The number of sulfonamides is 1. The first kappa shape index (κ1) is 15.7. The van der Waals surface area contributed by atoms with Gasteiger partial charge in [-0.1, -0.05) is 11.6 Å². The highest BCUT2D eigenvalue weighted by molar-refractivity contribution is 7.89. The van der Waals surface area contributed by atoms with E-state index in [1.165, 1.54) is 32.3 Å². The maximum Gasteiger partial charge on any atom is 0.271 e. The smallest absolute Gasteiger partial charge is 0.271 e. The molecule has 0 saturated carbocycles. The van der Waals surface area contributed by atoms with Crippen molar-refractivity contribution < 1.29 is 17.9 Å². The van der Waals surface area contributed by atoms with Crippen LogP contribution in [0.3, 0.4) is 0 Å². The molecule has 0 aliphatic heterocycles. The Hall–Kier alpha value is -1.35. The number of rotatable bonds is 5. The standard InChI is InChI=1S/C10H14ClN3O4S/c1-14(2)19(16,17)7-3-4-9(8(11)5-7)18-6-10(15)13-12/h3-5H,6,12H2,1-2H3,(H,13,15). The Morgan fingerprint density at radius 2 is 2.11 bits per heavy atom. The zero-order valence-electron chi connectivity index (χ0n) is 10.4. The molecule has 1 aromatic carbocycles. The molecule has 19 heavy (non-hydrogen) atoms. The topological polar surface area (TPSA) is 102 Å². The van der Waals surface area contributed by atoms with E-state index in [2.05, 4.69) is 0 Å². The van der Waals surface area contributed by atoms with Gasteiger partial charge >= 0.3 is 0 Å². The fraction of sp³-hybridized carbons (Fsp3) is 0.300. The lowest BCUT2D eigenvalue weighted by Crippen LogP contribution is -2.34. The summed E-state index contributed by atoms with van der Waals surface area (Å²) in [5.74, 6) is 4.56. The molecule has 1 amide bonds. The number of halogens is 1. The molecule has 0 aromatic heterocycles. The van der Waals surface area contributed by atoms with Crippen LogP contribution in [0.4, 0.5) is 0 Å². The Morgan fingerprint density at radius 1 is 1.47 bits per heavy atom. The predicted molar refractivity (Wildman–Crippen MR) is 70.1 cm³/mol. The van der Waals surface area contributed by atoms with Crippen LogP contribution in [0.2, 0.25) is 5.02 Å². The van der Waals surface area contributed by atoms with Crippen molar-refractivity contribution in [3.8, 4) is 5.75 Å². The summed E-state index contributed by atoms with van der Waals surface area (Å²) in [4.78, 5) is 10.9. The van der Waals surface area contributed by atoms with E-state index in [0.29, 0.717) is 0 Å². The van der Waals surface area contributed by atoms with E-state index >= 15 is 0 Å². The SMILES string of the molecule is CN(C)S(=O)(=O)c1ccc(OCC(=O)NN)c(Cl)c1. The zero-order valence-corrected chi connectivity index (χ0v) is 12.0. The van der Waals surface area contributed by atoms with E-state index in [9.17, 15) is 13.2 Å². The van der Waals surface area contributed by atoms with E-state index in [4.69, 9.17) is 22.2 Å². The molecule has 1 aromatic rings. The van der Waals surface area contributed by atoms with Crippen LogP contribution in [0.5, 0.6) is 5.75 Å². The highest BCUT2D eigenvalue weighted by atomic mass is 35.5. The lowest BCUT2D eigenvalue weighted by atomic mass is 10.3. The van der Waals surface area contributed by atoms with Crippen molar-refractivity contribution in [1.29, 1.82) is 0 Å². The maximum atomic E-state index is 11.9. The van der Waals surface area contributed by atoms with Crippen molar-refractivity contribution in [2.45, 2.75) is 4.90 Å². The molecule has 106 valence electrons. The second-order valence-corrected chi connectivity index (χ2v) is 6.29. The third-order valence-electron chi connectivity index (χ3n) is 2.20. The number of ether oxygens (including phenoxy) is 1. The summed E-state index contributed by atoms with van der Waals surface area (Å²) in [7, 11) is -0.726. The first-order valence-corrected chi connectivity index (χ1v) is 6.95. The van der Waals surface area contributed by atoms with Crippen LogP contribution in [-0.2, 0) is 14.8 Å². The lowest BCUT2D eigenvalue weighted by Gasteiger charge is -2.13. The summed E-state index contributed by atoms with van der Waals surface area (Å²) in [5, 5.41) is 0.0905. The number of nitrogens with one attached hydrogen (secondary N) is 1. The Bertz CT molecular complexity index is 574. The lowest BCUT2D eigenvalue weighted by molar-refractivity contribution is -0.123. The van der Waals surface area contributed by atoms with Gasteiger partial charge in [-0.3, -0.25) is 10.2 Å². The molecule has 7 nitrogen and oxygen atoms in total. The number of carbonyl (C=O) groups excluding carboxylic acids is 1. The van der Waals surface area contributed by atoms with Crippen molar-refractivity contribution in [3.05, 3.63) is 23.2 Å². The number of hydrazine groups is 1. The minimum atomic E-state index is -3.56. The van der Waals surface area contributed by atoms with Crippen LogP contribution in [0.25, 0.3) is 0 Å². The highest BCUT2D eigenvalue weighted by Gasteiger charge is 2.18. The second kappa shape index (κ2) is 6.20. The van der Waals surface area contributed by atoms with Gasteiger partial charge in [0.1, 0.15) is 5.75 Å². The number of nitrogens with two attached hydrogens (primary N) is 1. The van der Waals surface area contributed by atoms with E-state index in [0.717, 1.165) is 4.31 Å². The minimum absolute atomic E-state index is 0.0399. The third kappa shape index (κ3) is 3.80. The second-order valence-electron chi connectivity index (χ2n) is 3.74. The van der Waals surface area contributed by atoms with Gasteiger partial charge < -0.3 is 4.74 Å². The van der Waals surface area contributed by atoms with Gasteiger partial charge in [-0.05, 0) is 18.2 Å². The summed E-state index contributed by atoms with van der Waals surface area (Å²) in [6.07, 6.45) is 0. The van der Waals surface area contributed by atoms with Crippen LogP contribution < -0.4 is 16.0 Å². The van der Waals surface area contributed by atoms with Gasteiger partial charge in [0.15, 0.2) is 6.61 Å². The largest absolute Gasteiger partial charge is 0.482 e. The molecule has 0 fully saturated rings. The number of hydrogen-bond donors (Lipinski definition) is 2. The van der Waals surface area contributed by atoms with Crippen LogP contribution >= 0.6 is 11.6 Å². The van der Waals surface area contributed by atoms with Gasteiger partial charge in [0.25, 0.3) is 5.91 Å². The van der Waals surface area contributed by atoms with E-state index in [-0.39, 0.29) is 22.3 Å². The molecule has 9 heteroatoms. The van der Waals surface area contributed by atoms with Gasteiger partial charge in [0.2, 0.25) is 10.0 Å². The van der Waals surface area contributed by atoms with E-state index in [1.807, 2.05) is 5.43 Å². The Morgan fingerprint density at radius 3 is 2.58 bits per heavy atom. The van der Waals surface area contributed by atoms with Gasteiger partial charge in [0, 0.05) is 14.1 Å². The normalized spacial score (nSPS) is 11.4. The Labute approximate surface area is 116 Å². The molecule has 0 saturated heterocycles. The Kier molecular flexibility index (Phi) is 5.12.